The van der Waals surface area contributed by atoms with Crippen LogP contribution in [0.2, 0.25) is 0 Å². The summed E-state index contributed by atoms with van der Waals surface area (Å²) in [6.45, 7) is 4.66. The Bertz CT molecular complexity index is 576. The number of ether oxygens (including phenoxy) is 2. The number of methoxy groups -OCH3 is 1. The Morgan fingerprint density at radius 3 is 2.53 bits per heavy atom. The molecule has 19 heavy (non-hydrogen) atoms. The molecule has 0 bridgehead atoms. The molecule has 0 fully saturated rings. The number of hydrogen-bond donors (Lipinski definition) is 1. The molecule has 0 aliphatic heterocycles. The number of benzene rings is 2. The molecule has 3 heteroatoms. The standard InChI is InChI=1S/C16H18O3/c1-4-19-13-6-7-14(11(2)9-13)12-5-8-15(17)16(10-12)18-3/h5-10,17H,4H2,1-3H3. The van der Waals surface area contributed by atoms with Crippen LogP contribution in [0.15, 0.2) is 36.4 Å². The fraction of sp³-hybridized carbons (Fsp3) is 0.250. The second-order valence-electron chi connectivity index (χ2n) is 4.30. The summed E-state index contributed by atoms with van der Waals surface area (Å²) in [6, 6.07) is 11.3. The van der Waals surface area contributed by atoms with Crippen molar-refractivity contribution in [3.63, 3.8) is 0 Å². The maximum Gasteiger partial charge on any atom is 0.161 e. The molecule has 0 radical (unpaired) electrons. The Morgan fingerprint density at radius 1 is 1.11 bits per heavy atom. The highest BCUT2D eigenvalue weighted by atomic mass is 16.5. The van der Waals surface area contributed by atoms with E-state index < -0.39 is 0 Å². The molecule has 0 spiro atoms. The summed E-state index contributed by atoms with van der Waals surface area (Å²) in [5.74, 6) is 1.50. The second-order valence-corrected chi connectivity index (χ2v) is 4.30. The molecule has 0 unspecified atom stereocenters. The Hall–Kier alpha value is -2.16. The fourth-order valence-corrected chi connectivity index (χ4v) is 2.06. The highest BCUT2D eigenvalue weighted by Gasteiger charge is 2.07. The maximum absolute atomic E-state index is 9.62. The van der Waals surface area contributed by atoms with Gasteiger partial charge < -0.3 is 14.6 Å². The molecule has 0 saturated heterocycles. The van der Waals surface area contributed by atoms with Gasteiger partial charge in [0.15, 0.2) is 11.5 Å². The van der Waals surface area contributed by atoms with Gasteiger partial charge in [-0.2, -0.15) is 0 Å². The first-order valence-corrected chi connectivity index (χ1v) is 6.26. The molecule has 0 aliphatic rings. The smallest absolute Gasteiger partial charge is 0.161 e. The minimum atomic E-state index is 0.148. The average Bonchev–Trinajstić information content (AvgIpc) is 2.40. The lowest BCUT2D eigenvalue weighted by atomic mass is 10.00. The van der Waals surface area contributed by atoms with Crippen molar-refractivity contribution >= 4 is 0 Å². The van der Waals surface area contributed by atoms with Crippen molar-refractivity contribution in [2.24, 2.45) is 0 Å². The topological polar surface area (TPSA) is 38.7 Å². The van der Waals surface area contributed by atoms with Gasteiger partial charge in [-0.15, -0.1) is 0 Å². The molecular weight excluding hydrogens is 240 g/mol. The van der Waals surface area contributed by atoms with Crippen LogP contribution in [-0.4, -0.2) is 18.8 Å². The van der Waals surface area contributed by atoms with E-state index in [2.05, 4.69) is 0 Å². The van der Waals surface area contributed by atoms with Crippen molar-refractivity contribution in [3.8, 4) is 28.4 Å². The SMILES string of the molecule is CCOc1ccc(-c2ccc(O)c(OC)c2)c(C)c1. The number of aromatic hydroxyl groups is 1. The highest BCUT2D eigenvalue weighted by Crippen LogP contribution is 2.33. The third-order valence-electron chi connectivity index (χ3n) is 3.00. The highest BCUT2D eigenvalue weighted by molar-refractivity contribution is 5.70. The molecule has 0 amide bonds. The molecule has 0 heterocycles. The molecule has 0 aromatic heterocycles. The zero-order chi connectivity index (χ0) is 13.8. The molecule has 3 nitrogen and oxygen atoms in total. The summed E-state index contributed by atoms with van der Waals surface area (Å²) < 4.78 is 10.6. The third kappa shape index (κ3) is 2.81. The first kappa shape index (κ1) is 13.3. The summed E-state index contributed by atoms with van der Waals surface area (Å²) in [7, 11) is 1.55. The minimum absolute atomic E-state index is 0.148. The lowest BCUT2D eigenvalue weighted by Gasteiger charge is -2.11. The van der Waals surface area contributed by atoms with Crippen molar-refractivity contribution < 1.29 is 14.6 Å². The lowest BCUT2D eigenvalue weighted by Crippen LogP contribution is -1.93. The van der Waals surface area contributed by atoms with Gasteiger partial charge in [0.25, 0.3) is 0 Å². The van der Waals surface area contributed by atoms with E-state index in [1.165, 1.54) is 0 Å². The zero-order valence-electron chi connectivity index (χ0n) is 11.4. The Morgan fingerprint density at radius 2 is 1.89 bits per heavy atom. The van der Waals surface area contributed by atoms with Gasteiger partial charge in [0, 0.05) is 0 Å². The second kappa shape index (κ2) is 5.65. The normalized spacial score (nSPS) is 10.3. The van der Waals surface area contributed by atoms with Gasteiger partial charge in [-0.3, -0.25) is 0 Å². The van der Waals surface area contributed by atoms with Crippen molar-refractivity contribution in [1.29, 1.82) is 0 Å². The number of hydrogen-bond acceptors (Lipinski definition) is 3. The summed E-state index contributed by atoms with van der Waals surface area (Å²) in [5.41, 5.74) is 3.23. The quantitative estimate of drug-likeness (QED) is 0.907. The Labute approximate surface area is 113 Å². The van der Waals surface area contributed by atoms with Crippen LogP contribution in [0.3, 0.4) is 0 Å². The number of phenols is 1. The summed E-state index contributed by atoms with van der Waals surface area (Å²) in [5, 5.41) is 9.62. The monoisotopic (exact) mass is 258 g/mol. The Balaban J connectivity index is 2.41. The van der Waals surface area contributed by atoms with Gasteiger partial charge >= 0.3 is 0 Å². The molecule has 0 aliphatic carbocycles. The molecule has 0 saturated carbocycles. The molecule has 2 aromatic rings. The number of aryl methyl sites for hydroxylation is 1. The van der Waals surface area contributed by atoms with Crippen molar-refractivity contribution in [2.75, 3.05) is 13.7 Å². The van der Waals surface area contributed by atoms with Gasteiger partial charge in [-0.05, 0) is 54.8 Å². The maximum atomic E-state index is 9.62. The summed E-state index contributed by atoms with van der Waals surface area (Å²) >= 11 is 0. The van der Waals surface area contributed by atoms with Gasteiger partial charge in [0.1, 0.15) is 5.75 Å². The van der Waals surface area contributed by atoms with E-state index in [-0.39, 0.29) is 5.75 Å². The number of phenolic OH excluding ortho intramolecular Hbond substituents is 1. The van der Waals surface area contributed by atoms with Crippen molar-refractivity contribution in [1.82, 2.24) is 0 Å². The van der Waals surface area contributed by atoms with E-state index in [0.717, 1.165) is 22.4 Å². The molecule has 0 atom stereocenters. The minimum Gasteiger partial charge on any atom is -0.504 e. The van der Waals surface area contributed by atoms with Crippen LogP contribution >= 0.6 is 0 Å². The van der Waals surface area contributed by atoms with Crippen LogP contribution in [0.25, 0.3) is 11.1 Å². The number of rotatable bonds is 4. The molecule has 100 valence electrons. The van der Waals surface area contributed by atoms with Crippen LogP contribution in [-0.2, 0) is 0 Å². The third-order valence-corrected chi connectivity index (χ3v) is 3.00. The van der Waals surface area contributed by atoms with Gasteiger partial charge in [0.05, 0.1) is 13.7 Å². The molecule has 2 aromatic carbocycles. The van der Waals surface area contributed by atoms with E-state index in [9.17, 15) is 5.11 Å². The zero-order valence-corrected chi connectivity index (χ0v) is 11.4. The van der Waals surface area contributed by atoms with Crippen LogP contribution in [0.4, 0.5) is 0 Å². The van der Waals surface area contributed by atoms with Gasteiger partial charge in [-0.1, -0.05) is 12.1 Å². The summed E-state index contributed by atoms with van der Waals surface area (Å²) in [6.07, 6.45) is 0. The predicted molar refractivity (Wildman–Crippen MR) is 76.0 cm³/mol. The van der Waals surface area contributed by atoms with Crippen LogP contribution < -0.4 is 9.47 Å². The molecule has 2 rings (SSSR count). The first-order valence-electron chi connectivity index (χ1n) is 6.26. The van der Waals surface area contributed by atoms with Crippen molar-refractivity contribution in [3.05, 3.63) is 42.0 Å². The van der Waals surface area contributed by atoms with E-state index in [1.54, 1.807) is 13.2 Å². The van der Waals surface area contributed by atoms with E-state index in [0.29, 0.717) is 12.4 Å². The van der Waals surface area contributed by atoms with Crippen LogP contribution in [0, 0.1) is 6.92 Å². The Kier molecular flexibility index (Phi) is 3.95. The van der Waals surface area contributed by atoms with Gasteiger partial charge in [0.2, 0.25) is 0 Å². The predicted octanol–water partition coefficient (Wildman–Crippen LogP) is 3.77. The summed E-state index contributed by atoms with van der Waals surface area (Å²) in [4.78, 5) is 0. The van der Waals surface area contributed by atoms with E-state index >= 15 is 0 Å². The van der Waals surface area contributed by atoms with Crippen molar-refractivity contribution in [2.45, 2.75) is 13.8 Å². The molecular formula is C16H18O3. The van der Waals surface area contributed by atoms with Gasteiger partial charge in [-0.25, -0.2) is 0 Å². The van der Waals surface area contributed by atoms with Crippen LogP contribution in [0.1, 0.15) is 12.5 Å². The van der Waals surface area contributed by atoms with E-state index in [4.69, 9.17) is 9.47 Å². The lowest BCUT2D eigenvalue weighted by molar-refractivity contribution is 0.340. The largest absolute Gasteiger partial charge is 0.504 e. The van der Waals surface area contributed by atoms with Crippen LogP contribution in [0.5, 0.6) is 17.2 Å². The average molecular weight is 258 g/mol. The first-order chi connectivity index (χ1) is 9.15. The fourth-order valence-electron chi connectivity index (χ4n) is 2.06. The molecule has 1 N–H and O–H groups in total. The van der Waals surface area contributed by atoms with E-state index in [1.807, 2.05) is 44.2 Å².